The van der Waals surface area contributed by atoms with Crippen LogP contribution in [0.15, 0.2) is 30.6 Å². The van der Waals surface area contributed by atoms with Crippen molar-refractivity contribution in [3.05, 3.63) is 53.5 Å². The topological polar surface area (TPSA) is 71.2 Å². The van der Waals surface area contributed by atoms with Gasteiger partial charge in [-0.25, -0.2) is 18.7 Å². The first kappa shape index (κ1) is 17.4. The van der Waals surface area contributed by atoms with E-state index in [0.717, 1.165) is 30.0 Å². The van der Waals surface area contributed by atoms with Crippen LogP contribution in [-0.2, 0) is 24.2 Å². The Labute approximate surface area is 154 Å². The molecule has 0 aliphatic carbocycles. The number of halogens is 2. The van der Waals surface area contributed by atoms with Gasteiger partial charge in [0, 0.05) is 36.2 Å². The molecule has 1 aliphatic rings. The van der Waals surface area contributed by atoms with Gasteiger partial charge in [0.15, 0.2) is 5.82 Å². The fraction of sp³-hybridized carbons (Fsp3) is 0.316. The summed E-state index contributed by atoms with van der Waals surface area (Å²) in [5.74, 6) is -1.38. The first-order valence-corrected chi connectivity index (χ1v) is 8.65. The second-order valence-electron chi connectivity index (χ2n) is 6.77. The number of benzene rings is 1. The van der Waals surface area contributed by atoms with Crippen molar-refractivity contribution < 1.29 is 18.7 Å². The Kier molecular flexibility index (Phi) is 4.25. The van der Waals surface area contributed by atoms with Crippen molar-refractivity contribution in [1.29, 1.82) is 0 Å². The molecule has 0 amide bonds. The third-order valence-corrected chi connectivity index (χ3v) is 5.15. The number of likely N-dealkylation sites (N-methyl/N-ethyl adjacent to an activating group) is 1. The van der Waals surface area contributed by atoms with Crippen LogP contribution in [0.3, 0.4) is 0 Å². The average molecular weight is 372 g/mol. The van der Waals surface area contributed by atoms with E-state index < -0.39 is 11.8 Å². The number of hydrogen-bond donors (Lipinski definition) is 1. The van der Waals surface area contributed by atoms with Crippen molar-refractivity contribution >= 4 is 22.8 Å². The molecule has 27 heavy (non-hydrogen) atoms. The second-order valence-corrected chi connectivity index (χ2v) is 6.77. The molecular weight excluding hydrogens is 354 g/mol. The number of rotatable bonds is 4. The number of carboxylic acid groups (broad SMARTS) is 1. The van der Waals surface area contributed by atoms with Crippen molar-refractivity contribution in [2.45, 2.75) is 31.8 Å². The predicted molar refractivity (Wildman–Crippen MR) is 95.7 cm³/mol. The normalized spacial score (nSPS) is 16.3. The van der Waals surface area contributed by atoms with Gasteiger partial charge in [0.05, 0.1) is 18.8 Å². The molecular formula is C19H18F2N4O2. The summed E-state index contributed by atoms with van der Waals surface area (Å²) in [5.41, 5.74) is 2.43. The summed E-state index contributed by atoms with van der Waals surface area (Å²) >= 11 is 0. The SMILES string of the molecule is CN(c1ncc(F)cn1)C1CCc2c(CC(=O)O)c3cc(F)ccc3n2C1. The minimum Gasteiger partial charge on any atom is -0.481 e. The molecule has 4 rings (SSSR count). The van der Waals surface area contributed by atoms with Crippen LogP contribution < -0.4 is 4.90 Å². The summed E-state index contributed by atoms with van der Waals surface area (Å²) in [6.07, 6.45) is 3.55. The largest absolute Gasteiger partial charge is 0.481 e. The highest BCUT2D eigenvalue weighted by molar-refractivity contribution is 5.89. The van der Waals surface area contributed by atoms with Gasteiger partial charge in [-0.05, 0) is 36.6 Å². The lowest BCUT2D eigenvalue weighted by Crippen LogP contribution is -2.40. The molecule has 1 N–H and O–H groups in total. The van der Waals surface area contributed by atoms with Crippen molar-refractivity contribution in [1.82, 2.24) is 14.5 Å². The lowest BCUT2D eigenvalue weighted by atomic mass is 9.99. The van der Waals surface area contributed by atoms with E-state index in [9.17, 15) is 18.7 Å². The van der Waals surface area contributed by atoms with Gasteiger partial charge < -0.3 is 14.6 Å². The van der Waals surface area contributed by atoms with E-state index in [1.165, 1.54) is 12.1 Å². The summed E-state index contributed by atoms with van der Waals surface area (Å²) < 4.78 is 28.9. The highest BCUT2D eigenvalue weighted by Gasteiger charge is 2.28. The Morgan fingerprint density at radius 2 is 2.04 bits per heavy atom. The van der Waals surface area contributed by atoms with Crippen LogP contribution in [0.2, 0.25) is 0 Å². The number of carbonyl (C=O) groups is 1. The van der Waals surface area contributed by atoms with E-state index >= 15 is 0 Å². The monoisotopic (exact) mass is 372 g/mol. The number of aliphatic carboxylic acids is 1. The fourth-order valence-corrected chi connectivity index (χ4v) is 3.86. The Morgan fingerprint density at radius 3 is 2.74 bits per heavy atom. The second kappa shape index (κ2) is 6.61. The molecule has 6 nitrogen and oxygen atoms in total. The average Bonchev–Trinajstić information content (AvgIpc) is 2.94. The van der Waals surface area contributed by atoms with Gasteiger partial charge in [0.2, 0.25) is 5.95 Å². The Morgan fingerprint density at radius 1 is 1.30 bits per heavy atom. The Bertz CT molecular complexity index is 1020. The van der Waals surface area contributed by atoms with E-state index in [1.54, 1.807) is 6.07 Å². The lowest BCUT2D eigenvalue weighted by molar-refractivity contribution is -0.136. The molecule has 0 bridgehead atoms. The third-order valence-electron chi connectivity index (χ3n) is 5.15. The van der Waals surface area contributed by atoms with Gasteiger partial charge in [-0.1, -0.05) is 0 Å². The zero-order valence-electron chi connectivity index (χ0n) is 14.7. The number of aromatic nitrogens is 3. The van der Waals surface area contributed by atoms with Gasteiger partial charge in [0.1, 0.15) is 5.82 Å². The molecule has 0 saturated carbocycles. The first-order valence-electron chi connectivity index (χ1n) is 8.65. The van der Waals surface area contributed by atoms with Gasteiger partial charge in [-0.15, -0.1) is 0 Å². The van der Waals surface area contributed by atoms with Crippen LogP contribution >= 0.6 is 0 Å². The molecule has 3 aromatic rings. The molecule has 1 unspecified atom stereocenters. The van der Waals surface area contributed by atoms with E-state index in [0.29, 0.717) is 29.9 Å². The van der Waals surface area contributed by atoms with Gasteiger partial charge in [-0.3, -0.25) is 4.79 Å². The molecule has 0 fully saturated rings. The molecule has 8 heteroatoms. The highest BCUT2D eigenvalue weighted by Crippen LogP contribution is 2.33. The summed E-state index contributed by atoms with van der Waals surface area (Å²) in [6.45, 7) is 0.592. The van der Waals surface area contributed by atoms with Crippen molar-refractivity contribution in [3.63, 3.8) is 0 Å². The first-order chi connectivity index (χ1) is 12.9. The van der Waals surface area contributed by atoms with Crippen LogP contribution in [-0.4, -0.2) is 38.7 Å². The Hall–Kier alpha value is -3.03. The minimum atomic E-state index is -0.937. The standard InChI is InChI=1S/C19H18F2N4O2/c1-24(19-22-8-12(21)9-23-19)13-3-5-17-15(7-18(26)27)14-6-11(20)2-4-16(14)25(17)10-13/h2,4,6,8-9,13H,3,5,7,10H2,1H3,(H,26,27). The minimum absolute atomic E-state index is 0.0568. The quantitative estimate of drug-likeness (QED) is 0.763. The molecule has 1 atom stereocenters. The smallest absolute Gasteiger partial charge is 0.307 e. The maximum atomic E-state index is 13.8. The van der Waals surface area contributed by atoms with E-state index in [2.05, 4.69) is 14.5 Å². The van der Waals surface area contributed by atoms with Crippen molar-refractivity contribution in [2.24, 2.45) is 0 Å². The molecule has 0 radical (unpaired) electrons. The van der Waals surface area contributed by atoms with Crippen LogP contribution in [0.4, 0.5) is 14.7 Å². The third kappa shape index (κ3) is 3.11. The zero-order chi connectivity index (χ0) is 19.1. The van der Waals surface area contributed by atoms with E-state index in [1.807, 2.05) is 11.9 Å². The maximum absolute atomic E-state index is 13.8. The van der Waals surface area contributed by atoms with Gasteiger partial charge >= 0.3 is 5.97 Å². The molecule has 140 valence electrons. The van der Waals surface area contributed by atoms with E-state index in [4.69, 9.17) is 0 Å². The van der Waals surface area contributed by atoms with Crippen LogP contribution in [0.25, 0.3) is 10.9 Å². The van der Waals surface area contributed by atoms with Crippen molar-refractivity contribution in [3.8, 4) is 0 Å². The van der Waals surface area contributed by atoms with E-state index in [-0.39, 0.29) is 18.3 Å². The fourth-order valence-electron chi connectivity index (χ4n) is 3.86. The van der Waals surface area contributed by atoms with Crippen LogP contribution in [0.1, 0.15) is 17.7 Å². The summed E-state index contributed by atoms with van der Waals surface area (Å²) in [4.78, 5) is 21.3. The molecule has 3 heterocycles. The zero-order valence-corrected chi connectivity index (χ0v) is 14.7. The van der Waals surface area contributed by atoms with Crippen molar-refractivity contribution in [2.75, 3.05) is 11.9 Å². The molecule has 0 saturated heterocycles. The number of fused-ring (bicyclic) bond motifs is 3. The lowest BCUT2D eigenvalue weighted by Gasteiger charge is -2.33. The Balaban J connectivity index is 1.72. The van der Waals surface area contributed by atoms with Gasteiger partial charge in [-0.2, -0.15) is 0 Å². The number of nitrogens with zero attached hydrogens (tertiary/aromatic N) is 4. The molecule has 1 aliphatic heterocycles. The number of carboxylic acids is 1. The molecule has 2 aromatic heterocycles. The molecule has 0 spiro atoms. The predicted octanol–water partition coefficient (Wildman–Crippen LogP) is 2.79. The number of hydrogen-bond acceptors (Lipinski definition) is 4. The number of anilines is 1. The van der Waals surface area contributed by atoms with Crippen LogP contribution in [0.5, 0.6) is 0 Å². The van der Waals surface area contributed by atoms with Gasteiger partial charge in [0.25, 0.3) is 0 Å². The highest BCUT2D eigenvalue weighted by atomic mass is 19.1. The molecule has 1 aromatic carbocycles. The summed E-state index contributed by atoms with van der Waals surface area (Å²) in [6, 6.07) is 4.54. The van der Waals surface area contributed by atoms with Crippen LogP contribution in [0, 0.1) is 11.6 Å². The maximum Gasteiger partial charge on any atom is 0.307 e. The summed E-state index contributed by atoms with van der Waals surface area (Å²) in [5, 5.41) is 9.92. The summed E-state index contributed by atoms with van der Waals surface area (Å²) in [7, 11) is 1.85.